The van der Waals surface area contributed by atoms with Gasteiger partial charge >= 0.3 is 0 Å². The summed E-state index contributed by atoms with van der Waals surface area (Å²) in [6.07, 6.45) is 1.86. The zero-order chi connectivity index (χ0) is 17.4. The van der Waals surface area contributed by atoms with Gasteiger partial charge in [0, 0.05) is 22.5 Å². The van der Waals surface area contributed by atoms with E-state index in [9.17, 15) is 4.79 Å². The van der Waals surface area contributed by atoms with Gasteiger partial charge in [0.05, 0.1) is 12.1 Å². The number of nitrogens with one attached hydrogen (secondary N) is 1. The maximum atomic E-state index is 12.9. The summed E-state index contributed by atoms with van der Waals surface area (Å²) < 4.78 is 12.2. The Bertz CT molecular complexity index is 926. The molecule has 1 aliphatic carbocycles. The van der Waals surface area contributed by atoms with Gasteiger partial charge in [-0.2, -0.15) is 0 Å². The third-order valence-electron chi connectivity index (χ3n) is 4.69. The number of amides is 1. The molecular weight excluding hydrogens is 382 g/mol. The summed E-state index contributed by atoms with van der Waals surface area (Å²) in [4.78, 5) is 12.9. The van der Waals surface area contributed by atoms with Crippen LogP contribution < -0.4 is 5.32 Å². The maximum absolute atomic E-state index is 12.9. The van der Waals surface area contributed by atoms with Crippen LogP contribution in [-0.4, -0.2) is 13.0 Å². The number of para-hydroxylation sites is 1. The first-order valence-electron chi connectivity index (χ1n) is 8.21. The van der Waals surface area contributed by atoms with E-state index >= 15 is 0 Å². The lowest BCUT2D eigenvalue weighted by Gasteiger charge is -2.17. The lowest BCUT2D eigenvalue weighted by Crippen LogP contribution is -2.35. The van der Waals surface area contributed by atoms with Crippen LogP contribution in [-0.2, 0) is 16.9 Å². The van der Waals surface area contributed by atoms with E-state index < -0.39 is 0 Å². The number of carbonyl (C=O) groups excluding carboxylic acids is 1. The molecule has 0 bridgehead atoms. The molecule has 128 valence electrons. The second kappa shape index (κ2) is 6.32. The average Bonchev–Trinajstić information content (AvgIpc) is 3.30. The number of hydrogen-bond donors (Lipinski definition) is 1. The quantitative estimate of drug-likeness (QED) is 0.672. The van der Waals surface area contributed by atoms with E-state index in [1.807, 2.05) is 48.5 Å². The molecule has 0 aliphatic heterocycles. The molecule has 1 amide bonds. The molecule has 1 N–H and O–H groups in total. The fourth-order valence-corrected chi connectivity index (χ4v) is 3.49. The highest BCUT2D eigenvalue weighted by molar-refractivity contribution is 9.10. The van der Waals surface area contributed by atoms with Gasteiger partial charge in [-0.1, -0.05) is 46.3 Å². The molecule has 1 aliphatic rings. The smallest absolute Gasteiger partial charge is 0.288 e. The van der Waals surface area contributed by atoms with Gasteiger partial charge in [-0.05, 0) is 36.6 Å². The highest BCUT2D eigenvalue weighted by Crippen LogP contribution is 2.46. The minimum atomic E-state index is -0.291. The summed E-state index contributed by atoms with van der Waals surface area (Å²) in [5.41, 5.74) is 2.32. The Labute approximate surface area is 154 Å². The molecule has 1 heterocycles. The summed E-state index contributed by atoms with van der Waals surface area (Å²) in [5, 5.41) is 4.10. The predicted octanol–water partition coefficient (Wildman–Crippen LogP) is 4.76. The molecule has 4 nitrogen and oxygen atoms in total. The number of hydrogen-bond acceptors (Lipinski definition) is 3. The Hall–Kier alpha value is -2.11. The van der Waals surface area contributed by atoms with Gasteiger partial charge in [0.2, 0.25) is 0 Å². The first-order valence-corrected chi connectivity index (χ1v) is 9.00. The molecule has 2 aromatic carbocycles. The van der Waals surface area contributed by atoms with Crippen molar-refractivity contribution >= 4 is 32.8 Å². The van der Waals surface area contributed by atoms with E-state index in [-0.39, 0.29) is 11.4 Å². The number of fused-ring (bicyclic) bond motifs is 1. The Morgan fingerprint density at radius 2 is 1.92 bits per heavy atom. The van der Waals surface area contributed by atoms with Gasteiger partial charge in [0.15, 0.2) is 5.76 Å². The van der Waals surface area contributed by atoms with Crippen molar-refractivity contribution in [1.29, 1.82) is 0 Å². The van der Waals surface area contributed by atoms with E-state index in [4.69, 9.17) is 9.15 Å². The first kappa shape index (κ1) is 16.4. The number of rotatable bonds is 5. The molecule has 0 spiro atoms. The molecule has 0 atom stereocenters. The van der Waals surface area contributed by atoms with Crippen LogP contribution in [0.3, 0.4) is 0 Å². The van der Waals surface area contributed by atoms with Crippen LogP contribution in [0.5, 0.6) is 0 Å². The molecule has 0 saturated heterocycles. The maximum Gasteiger partial charge on any atom is 0.288 e. The normalized spacial score (nSPS) is 15.3. The molecule has 3 aromatic rings. The van der Waals surface area contributed by atoms with Crippen LogP contribution >= 0.6 is 15.9 Å². The van der Waals surface area contributed by atoms with Crippen LogP contribution in [0, 0.1) is 0 Å². The van der Waals surface area contributed by atoms with Crippen LogP contribution in [0.4, 0.5) is 0 Å². The number of carbonyl (C=O) groups is 1. The minimum Gasteiger partial charge on any atom is -0.451 e. The lowest BCUT2D eigenvalue weighted by atomic mass is 10.0. The Kier molecular flexibility index (Phi) is 4.13. The third kappa shape index (κ3) is 2.98. The van der Waals surface area contributed by atoms with Crippen molar-refractivity contribution in [2.75, 3.05) is 7.11 Å². The largest absolute Gasteiger partial charge is 0.451 e. The summed E-state index contributed by atoms with van der Waals surface area (Å²) in [6, 6.07) is 15.7. The van der Waals surface area contributed by atoms with Gasteiger partial charge in [0.25, 0.3) is 5.91 Å². The number of halogens is 1. The van der Waals surface area contributed by atoms with E-state index in [0.717, 1.165) is 33.8 Å². The topological polar surface area (TPSA) is 51.5 Å². The van der Waals surface area contributed by atoms with Gasteiger partial charge in [0.1, 0.15) is 5.58 Å². The van der Waals surface area contributed by atoms with Crippen LogP contribution in [0.2, 0.25) is 0 Å². The van der Waals surface area contributed by atoms with Crippen molar-refractivity contribution < 1.29 is 13.9 Å². The third-order valence-corrected chi connectivity index (χ3v) is 5.22. The Morgan fingerprint density at radius 1 is 1.20 bits per heavy atom. The van der Waals surface area contributed by atoms with Gasteiger partial charge in [-0.3, -0.25) is 4.79 Å². The summed E-state index contributed by atoms with van der Waals surface area (Å²) >= 11 is 3.45. The highest BCUT2D eigenvalue weighted by atomic mass is 79.9. The molecule has 5 heteroatoms. The van der Waals surface area contributed by atoms with Crippen molar-refractivity contribution in [3.8, 4) is 0 Å². The van der Waals surface area contributed by atoms with E-state index in [1.165, 1.54) is 0 Å². The molecule has 1 fully saturated rings. The van der Waals surface area contributed by atoms with Gasteiger partial charge in [-0.25, -0.2) is 0 Å². The van der Waals surface area contributed by atoms with Crippen molar-refractivity contribution in [3.05, 3.63) is 69.9 Å². The zero-order valence-electron chi connectivity index (χ0n) is 13.8. The molecular formula is C20H18BrNO3. The van der Waals surface area contributed by atoms with Crippen LogP contribution in [0.25, 0.3) is 11.0 Å². The SMILES string of the molecule is COCc1c(C(=O)NC2(c3ccc(Br)cc3)CC2)oc2ccccc12. The highest BCUT2D eigenvalue weighted by Gasteiger charge is 2.46. The van der Waals surface area contributed by atoms with E-state index in [1.54, 1.807) is 7.11 Å². The average molecular weight is 400 g/mol. The second-order valence-electron chi connectivity index (χ2n) is 6.38. The number of furan rings is 1. The van der Waals surface area contributed by atoms with Crippen molar-refractivity contribution in [3.63, 3.8) is 0 Å². The van der Waals surface area contributed by atoms with Crippen LogP contribution in [0.15, 0.2) is 57.4 Å². The minimum absolute atomic E-state index is 0.191. The molecule has 25 heavy (non-hydrogen) atoms. The predicted molar refractivity (Wildman–Crippen MR) is 99.4 cm³/mol. The molecule has 0 unspecified atom stereocenters. The van der Waals surface area contributed by atoms with Crippen molar-refractivity contribution in [1.82, 2.24) is 5.32 Å². The second-order valence-corrected chi connectivity index (χ2v) is 7.30. The van der Waals surface area contributed by atoms with Gasteiger partial charge in [-0.15, -0.1) is 0 Å². The van der Waals surface area contributed by atoms with Crippen molar-refractivity contribution in [2.45, 2.75) is 25.0 Å². The monoisotopic (exact) mass is 399 g/mol. The fourth-order valence-electron chi connectivity index (χ4n) is 3.22. The molecule has 1 saturated carbocycles. The molecule has 1 aromatic heterocycles. The van der Waals surface area contributed by atoms with Crippen LogP contribution in [0.1, 0.15) is 34.5 Å². The first-order chi connectivity index (χ1) is 12.1. The number of ether oxygens (including phenoxy) is 1. The standard InChI is InChI=1S/C20H18BrNO3/c1-24-12-16-15-4-2-3-5-17(15)25-18(16)19(23)22-20(10-11-20)13-6-8-14(21)9-7-13/h2-9H,10-12H2,1H3,(H,22,23). The number of benzene rings is 2. The Morgan fingerprint density at radius 3 is 2.60 bits per heavy atom. The zero-order valence-corrected chi connectivity index (χ0v) is 15.4. The van der Waals surface area contributed by atoms with E-state index in [2.05, 4.69) is 21.2 Å². The Balaban J connectivity index is 1.66. The van der Waals surface area contributed by atoms with Crippen molar-refractivity contribution in [2.24, 2.45) is 0 Å². The number of methoxy groups -OCH3 is 1. The summed E-state index contributed by atoms with van der Waals surface area (Å²) in [5.74, 6) is 0.148. The molecule has 4 rings (SSSR count). The lowest BCUT2D eigenvalue weighted by molar-refractivity contribution is 0.0898. The fraction of sp³-hybridized carbons (Fsp3) is 0.250. The van der Waals surface area contributed by atoms with Gasteiger partial charge < -0.3 is 14.5 Å². The summed E-state index contributed by atoms with van der Waals surface area (Å²) in [6.45, 7) is 0.338. The molecule has 0 radical (unpaired) electrons. The van der Waals surface area contributed by atoms with E-state index in [0.29, 0.717) is 18.0 Å². The summed E-state index contributed by atoms with van der Waals surface area (Å²) in [7, 11) is 1.62.